The van der Waals surface area contributed by atoms with Gasteiger partial charge in [0.15, 0.2) is 0 Å². The Morgan fingerprint density at radius 1 is 1.14 bits per heavy atom. The largest absolute Gasteiger partial charge is 0.455 e. The number of fused-ring (bicyclic) bond motifs is 1. The molecule has 5 heteroatoms. The molecule has 112 valence electrons. The maximum atomic E-state index is 12.6. The molecule has 1 amide bonds. The molecule has 0 spiro atoms. The lowest BCUT2D eigenvalue weighted by atomic mass is 9.82. The van der Waals surface area contributed by atoms with Gasteiger partial charge in [0.25, 0.3) is 5.91 Å². The lowest BCUT2D eigenvalue weighted by Crippen LogP contribution is -2.53. The monoisotopic (exact) mass is 297 g/mol. The molecule has 5 nitrogen and oxygen atoms in total. The summed E-state index contributed by atoms with van der Waals surface area (Å²) >= 11 is 0. The van der Waals surface area contributed by atoms with Gasteiger partial charge in [0.05, 0.1) is 5.56 Å². The predicted octanol–water partition coefficient (Wildman–Crippen LogP) is 2.07. The molecule has 1 aliphatic heterocycles. The number of ether oxygens (including phenoxy) is 1. The van der Waals surface area contributed by atoms with E-state index in [-0.39, 0.29) is 11.1 Å². The third kappa shape index (κ3) is 2.16. The van der Waals surface area contributed by atoms with Gasteiger partial charge in [-0.1, -0.05) is 36.4 Å². The third-order valence-corrected chi connectivity index (χ3v) is 3.81. The third-order valence-electron chi connectivity index (χ3n) is 3.81. The summed E-state index contributed by atoms with van der Waals surface area (Å²) in [6.07, 6.45) is -0.987. The molecule has 0 fully saturated rings. The van der Waals surface area contributed by atoms with Crippen LogP contribution in [0.2, 0.25) is 0 Å². The van der Waals surface area contributed by atoms with Gasteiger partial charge in [0.2, 0.25) is 5.60 Å². The number of aliphatic hydroxyl groups is 1. The Morgan fingerprint density at radius 2 is 1.77 bits per heavy atom. The number of carbonyl (C=O) groups excluding carboxylic acids is 2. The van der Waals surface area contributed by atoms with Crippen molar-refractivity contribution < 1.29 is 19.4 Å². The zero-order valence-corrected chi connectivity index (χ0v) is 11.9. The van der Waals surface area contributed by atoms with E-state index < -0.39 is 23.6 Å². The van der Waals surface area contributed by atoms with E-state index in [1.54, 1.807) is 42.5 Å². The van der Waals surface area contributed by atoms with Gasteiger partial charge in [-0.25, -0.2) is 4.79 Å². The molecule has 0 unspecified atom stereocenters. The van der Waals surface area contributed by atoms with Crippen LogP contribution in [-0.2, 0) is 15.1 Å². The van der Waals surface area contributed by atoms with Gasteiger partial charge in [-0.15, -0.1) is 0 Å². The van der Waals surface area contributed by atoms with Crippen molar-refractivity contribution in [1.29, 1.82) is 0 Å². The fourth-order valence-electron chi connectivity index (χ4n) is 2.58. The molecule has 3 rings (SSSR count). The van der Waals surface area contributed by atoms with Gasteiger partial charge in [0, 0.05) is 11.3 Å². The highest BCUT2D eigenvalue weighted by Gasteiger charge is 2.51. The van der Waals surface area contributed by atoms with E-state index in [0.29, 0.717) is 5.69 Å². The Balaban J connectivity index is 2.02. The Labute approximate surface area is 127 Å². The first-order chi connectivity index (χ1) is 10.5. The van der Waals surface area contributed by atoms with Crippen molar-refractivity contribution >= 4 is 17.6 Å². The number of cyclic esters (lactones) is 1. The second-order valence-electron chi connectivity index (χ2n) is 5.18. The van der Waals surface area contributed by atoms with Crippen LogP contribution in [0.3, 0.4) is 0 Å². The quantitative estimate of drug-likeness (QED) is 0.832. The average molecular weight is 297 g/mol. The van der Waals surface area contributed by atoms with Crippen LogP contribution in [0, 0.1) is 0 Å². The number of esters is 1. The zero-order valence-electron chi connectivity index (χ0n) is 11.9. The number of hydrogen-bond acceptors (Lipinski definition) is 4. The maximum absolute atomic E-state index is 12.6. The minimum atomic E-state index is -1.93. The topological polar surface area (TPSA) is 75.6 Å². The standard InChI is InChI=1S/C17H15NO4/c1-11-17(21,16(20)18-12-7-3-2-4-8-12)14-10-6-5-9-13(14)15(19)22-11/h2-11,21H,1H3,(H,18,20)/t11-,17+/m1/s1. The second-order valence-corrected chi connectivity index (χ2v) is 5.18. The van der Waals surface area contributed by atoms with E-state index in [1.807, 2.05) is 6.07 Å². The second kappa shape index (κ2) is 5.27. The summed E-state index contributed by atoms with van der Waals surface area (Å²) in [5, 5.41) is 13.6. The molecule has 2 aromatic carbocycles. The lowest BCUT2D eigenvalue weighted by Gasteiger charge is -2.37. The SMILES string of the molecule is C[C@H]1OC(=O)c2ccccc2[C@]1(O)C(=O)Nc1ccccc1. The molecular weight excluding hydrogens is 282 g/mol. The molecule has 1 heterocycles. The highest BCUT2D eigenvalue weighted by atomic mass is 16.6. The number of hydrogen-bond donors (Lipinski definition) is 2. The maximum Gasteiger partial charge on any atom is 0.338 e. The van der Waals surface area contributed by atoms with Crippen LogP contribution in [0.15, 0.2) is 54.6 Å². The molecule has 0 aliphatic carbocycles. The van der Waals surface area contributed by atoms with E-state index in [4.69, 9.17) is 4.74 Å². The molecule has 2 atom stereocenters. The first-order valence-electron chi connectivity index (χ1n) is 6.93. The molecule has 2 aromatic rings. The summed E-state index contributed by atoms with van der Waals surface area (Å²) in [6.45, 7) is 1.50. The molecular formula is C17H15NO4. The average Bonchev–Trinajstić information content (AvgIpc) is 2.53. The predicted molar refractivity (Wildman–Crippen MR) is 80.3 cm³/mol. The van der Waals surface area contributed by atoms with Crippen LogP contribution in [0.25, 0.3) is 0 Å². The number of benzene rings is 2. The summed E-state index contributed by atoms with van der Waals surface area (Å²) < 4.78 is 5.14. The molecule has 0 bridgehead atoms. The van der Waals surface area contributed by atoms with Gasteiger partial charge in [-0.3, -0.25) is 4.79 Å². The van der Waals surface area contributed by atoms with E-state index in [1.165, 1.54) is 13.0 Å². The van der Waals surface area contributed by atoms with Crippen molar-refractivity contribution in [2.75, 3.05) is 5.32 Å². The number of rotatable bonds is 2. The summed E-state index contributed by atoms with van der Waals surface area (Å²) in [7, 11) is 0. The van der Waals surface area contributed by atoms with Crippen LogP contribution in [-0.4, -0.2) is 23.1 Å². The van der Waals surface area contributed by atoms with Crippen molar-refractivity contribution in [3.05, 3.63) is 65.7 Å². The molecule has 22 heavy (non-hydrogen) atoms. The van der Waals surface area contributed by atoms with Crippen molar-refractivity contribution in [1.82, 2.24) is 0 Å². The van der Waals surface area contributed by atoms with Gasteiger partial charge >= 0.3 is 5.97 Å². The van der Waals surface area contributed by atoms with Crippen LogP contribution in [0.5, 0.6) is 0 Å². The van der Waals surface area contributed by atoms with Crippen LogP contribution < -0.4 is 5.32 Å². The van der Waals surface area contributed by atoms with Gasteiger partial charge in [0.1, 0.15) is 6.10 Å². The van der Waals surface area contributed by atoms with Crippen molar-refractivity contribution in [3.8, 4) is 0 Å². The van der Waals surface area contributed by atoms with E-state index >= 15 is 0 Å². The minimum absolute atomic E-state index is 0.200. The number of nitrogens with one attached hydrogen (secondary N) is 1. The first-order valence-corrected chi connectivity index (χ1v) is 6.93. The Hall–Kier alpha value is -2.66. The molecule has 0 saturated carbocycles. The van der Waals surface area contributed by atoms with E-state index in [0.717, 1.165) is 0 Å². The summed E-state index contributed by atoms with van der Waals surface area (Å²) in [5.41, 5.74) is -0.915. The number of anilines is 1. The fraction of sp³-hybridized carbons (Fsp3) is 0.176. The van der Waals surface area contributed by atoms with Gasteiger partial charge < -0.3 is 15.2 Å². The lowest BCUT2D eigenvalue weighted by molar-refractivity contribution is -0.150. The number of carbonyl (C=O) groups is 2. The Bertz CT molecular complexity index is 728. The van der Waals surface area contributed by atoms with E-state index in [9.17, 15) is 14.7 Å². The summed E-state index contributed by atoms with van der Waals surface area (Å²) in [5.74, 6) is -1.17. The van der Waals surface area contributed by atoms with Crippen molar-refractivity contribution in [2.45, 2.75) is 18.6 Å². The molecule has 0 saturated heterocycles. The fourth-order valence-corrected chi connectivity index (χ4v) is 2.58. The van der Waals surface area contributed by atoms with Crippen molar-refractivity contribution in [3.63, 3.8) is 0 Å². The summed E-state index contributed by atoms with van der Waals surface area (Å²) in [4.78, 5) is 24.5. The van der Waals surface area contributed by atoms with Crippen LogP contribution in [0.4, 0.5) is 5.69 Å². The Kier molecular flexibility index (Phi) is 3.42. The van der Waals surface area contributed by atoms with Gasteiger partial charge in [-0.2, -0.15) is 0 Å². The minimum Gasteiger partial charge on any atom is -0.455 e. The highest BCUT2D eigenvalue weighted by molar-refractivity contribution is 6.03. The highest BCUT2D eigenvalue weighted by Crippen LogP contribution is 2.36. The Morgan fingerprint density at radius 3 is 2.50 bits per heavy atom. The number of para-hydroxylation sites is 1. The van der Waals surface area contributed by atoms with Crippen molar-refractivity contribution in [2.24, 2.45) is 0 Å². The molecule has 1 aliphatic rings. The van der Waals surface area contributed by atoms with Gasteiger partial charge in [-0.05, 0) is 25.1 Å². The summed E-state index contributed by atoms with van der Waals surface area (Å²) in [6, 6.07) is 15.2. The zero-order chi connectivity index (χ0) is 15.7. The van der Waals surface area contributed by atoms with E-state index in [2.05, 4.69) is 5.32 Å². The first kappa shape index (κ1) is 14.3. The molecule has 0 radical (unpaired) electrons. The molecule has 2 N–H and O–H groups in total. The van der Waals surface area contributed by atoms with Crippen LogP contribution >= 0.6 is 0 Å². The molecule has 0 aromatic heterocycles. The van der Waals surface area contributed by atoms with Crippen LogP contribution in [0.1, 0.15) is 22.8 Å². The number of amides is 1. The normalized spacial score (nSPS) is 23.4. The smallest absolute Gasteiger partial charge is 0.338 e.